The van der Waals surface area contributed by atoms with E-state index >= 15 is 0 Å². The van der Waals surface area contributed by atoms with Gasteiger partial charge in [0.05, 0.1) is 45.4 Å². The second kappa shape index (κ2) is 19.9. The molecule has 5 heterocycles. The molecule has 0 spiro atoms. The van der Waals surface area contributed by atoms with Gasteiger partial charge in [-0.05, 0) is 91.3 Å². The minimum atomic E-state index is -1.32. The number of hydrogen-bond acceptors (Lipinski definition) is 13. The van der Waals surface area contributed by atoms with Gasteiger partial charge >= 0.3 is 5.97 Å². The van der Waals surface area contributed by atoms with Crippen molar-refractivity contribution < 1.29 is 28.8 Å². The number of carboxylic acids is 1. The van der Waals surface area contributed by atoms with Crippen molar-refractivity contribution in [3.63, 3.8) is 0 Å². The Bertz CT molecular complexity index is 2790. The lowest BCUT2D eigenvalue weighted by molar-refractivity contribution is -0.145. The van der Waals surface area contributed by atoms with E-state index in [1.54, 1.807) is 25.6 Å². The number of aromatic nitrogens is 6. The highest BCUT2D eigenvalue weighted by Crippen LogP contribution is 2.46. The molecule has 2 fully saturated rings. The SMILES string of the molecule is COc1ccccc1-c1nccc(COc2ccccc2CC(Oc2nsc3cnc(-c4cnn(CC5CCC5)c4)c(-c4ccc(OCCN5CCN(C)CC5)c(Cl)c4C)c23)C(=O)O)n1. The molecular formula is C49H51ClN8O6S. The summed E-state index contributed by atoms with van der Waals surface area (Å²) in [6.07, 6.45) is 9.61. The average Bonchev–Trinajstić information content (AvgIpc) is 3.96. The summed E-state index contributed by atoms with van der Waals surface area (Å²) < 4.78 is 32.0. The molecule has 1 saturated heterocycles. The number of carboxylic acid groups (broad SMARTS) is 1. The van der Waals surface area contributed by atoms with Crippen LogP contribution >= 0.6 is 23.1 Å². The van der Waals surface area contributed by atoms with Crippen molar-refractivity contribution in [3.8, 4) is 56.9 Å². The molecule has 1 unspecified atom stereocenters. The van der Waals surface area contributed by atoms with Gasteiger partial charge in [0.2, 0.25) is 12.0 Å². The van der Waals surface area contributed by atoms with Gasteiger partial charge in [-0.15, -0.1) is 0 Å². The number of pyridine rings is 1. The highest BCUT2D eigenvalue weighted by atomic mass is 35.5. The molecule has 4 aromatic heterocycles. The Hall–Kier alpha value is -6.13. The molecule has 16 heteroatoms. The first-order chi connectivity index (χ1) is 31.7. The second-order valence-corrected chi connectivity index (χ2v) is 17.8. The van der Waals surface area contributed by atoms with Crippen LogP contribution in [0.25, 0.3) is 43.9 Å². The Morgan fingerprint density at radius 1 is 0.938 bits per heavy atom. The van der Waals surface area contributed by atoms with Crippen LogP contribution in [-0.2, 0) is 24.4 Å². The van der Waals surface area contributed by atoms with Crippen molar-refractivity contribution in [1.82, 2.24) is 38.9 Å². The van der Waals surface area contributed by atoms with E-state index in [1.165, 1.54) is 30.8 Å². The van der Waals surface area contributed by atoms with E-state index in [-0.39, 0.29) is 18.9 Å². The Balaban J connectivity index is 1.01. The van der Waals surface area contributed by atoms with Crippen LogP contribution in [0.5, 0.6) is 23.1 Å². The molecule has 3 aromatic carbocycles. The molecule has 0 radical (unpaired) electrons. The monoisotopic (exact) mass is 914 g/mol. The van der Waals surface area contributed by atoms with Gasteiger partial charge in [-0.3, -0.25) is 14.6 Å². The molecule has 65 heavy (non-hydrogen) atoms. The molecule has 14 nitrogen and oxygen atoms in total. The van der Waals surface area contributed by atoms with Crippen molar-refractivity contribution >= 4 is 39.2 Å². The summed E-state index contributed by atoms with van der Waals surface area (Å²) in [6.45, 7) is 8.31. The molecule has 7 aromatic rings. The lowest BCUT2D eigenvalue weighted by atomic mass is 9.85. The maximum atomic E-state index is 13.1. The van der Waals surface area contributed by atoms with E-state index in [2.05, 4.69) is 21.8 Å². The topological polar surface area (TPSA) is 150 Å². The largest absolute Gasteiger partial charge is 0.496 e. The number of fused-ring (bicyclic) bond motifs is 1. The van der Waals surface area contributed by atoms with Gasteiger partial charge in [0, 0.05) is 75.4 Å². The Labute approximate surface area is 386 Å². The first kappa shape index (κ1) is 44.1. The van der Waals surface area contributed by atoms with E-state index in [9.17, 15) is 9.90 Å². The molecule has 1 aliphatic heterocycles. The fourth-order valence-electron chi connectivity index (χ4n) is 8.31. The summed E-state index contributed by atoms with van der Waals surface area (Å²) in [4.78, 5) is 32.0. The number of likely N-dealkylation sites (N-methyl/N-ethyl adjacent to an activating group) is 1. The fraction of sp³-hybridized carbons (Fsp3) is 0.347. The maximum Gasteiger partial charge on any atom is 0.345 e. The third-order valence-corrected chi connectivity index (χ3v) is 13.5. The number of halogens is 1. The lowest BCUT2D eigenvalue weighted by Crippen LogP contribution is -2.45. The van der Waals surface area contributed by atoms with Gasteiger partial charge in [-0.1, -0.05) is 54.4 Å². The number of piperazine rings is 1. The fourth-order valence-corrected chi connectivity index (χ4v) is 9.23. The van der Waals surface area contributed by atoms with Crippen molar-refractivity contribution in [2.75, 3.05) is 53.5 Å². The number of rotatable bonds is 18. The summed E-state index contributed by atoms with van der Waals surface area (Å²) in [5, 5.41) is 16.6. The van der Waals surface area contributed by atoms with E-state index in [4.69, 9.17) is 50.0 Å². The summed E-state index contributed by atoms with van der Waals surface area (Å²) in [5.74, 6) is 1.91. The van der Waals surface area contributed by atoms with Crippen molar-refractivity contribution in [1.29, 1.82) is 0 Å². The number of hydrogen-bond donors (Lipinski definition) is 1. The van der Waals surface area contributed by atoms with Gasteiger partial charge in [-0.2, -0.15) is 9.47 Å². The second-order valence-electron chi connectivity index (χ2n) is 16.6. The van der Waals surface area contributed by atoms with Crippen molar-refractivity contribution in [3.05, 3.63) is 113 Å². The number of ether oxygens (including phenoxy) is 4. The van der Waals surface area contributed by atoms with Crippen LogP contribution in [0.2, 0.25) is 5.02 Å². The normalized spacial score (nSPS) is 15.1. The van der Waals surface area contributed by atoms with E-state index in [1.807, 2.05) is 84.7 Å². The van der Waals surface area contributed by atoms with Gasteiger partial charge < -0.3 is 29.0 Å². The van der Waals surface area contributed by atoms with Crippen LogP contribution in [0.4, 0.5) is 0 Å². The summed E-state index contributed by atoms with van der Waals surface area (Å²) in [7, 11) is 3.75. The lowest BCUT2D eigenvalue weighted by Gasteiger charge is -2.32. The Kier molecular flexibility index (Phi) is 13.5. The highest BCUT2D eigenvalue weighted by molar-refractivity contribution is 7.13. The van der Waals surface area contributed by atoms with Crippen LogP contribution in [0.1, 0.15) is 36.1 Å². The van der Waals surface area contributed by atoms with Gasteiger partial charge in [0.1, 0.15) is 30.5 Å². The average molecular weight is 916 g/mol. The van der Waals surface area contributed by atoms with Gasteiger partial charge in [0.25, 0.3) is 0 Å². The zero-order valence-electron chi connectivity index (χ0n) is 36.7. The molecule has 9 rings (SSSR count). The van der Waals surface area contributed by atoms with Crippen LogP contribution in [-0.4, -0.2) is 110 Å². The molecule has 0 bridgehead atoms. The summed E-state index contributed by atoms with van der Waals surface area (Å²) in [5.41, 5.74) is 5.84. The van der Waals surface area contributed by atoms with E-state index < -0.39 is 12.1 Å². The minimum Gasteiger partial charge on any atom is -0.496 e. The molecule has 0 amide bonds. The first-order valence-electron chi connectivity index (χ1n) is 21.9. The number of aliphatic carboxylic acids is 1. The van der Waals surface area contributed by atoms with Crippen LogP contribution in [0.15, 0.2) is 91.5 Å². The quantitative estimate of drug-likeness (QED) is 0.0875. The standard InChI is InChI=1S/C49H51ClN8O6S/c1-31-36(15-16-40(45(31)50)62-24-23-57-21-19-56(2)20-22-57)43-44-42(27-52-46(43)34-26-53-58(29-34)28-32-9-8-10-32)65-55-48(44)64-41(49(59)60)25-33-11-4-6-13-38(33)63-30-35-17-18-51-47(54-35)37-12-5-7-14-39(37)61-3/h4-7,11-18,26-27,29,32,41H,8-10,19-25,28,30H2,1-3H3,(H,59,60). The van der Waals surface area contributed by atoms with Crippen LogP contribution < -0.4 is 18.9 Å². The first-order valence-corrected chi connectivity index (χ1v) is 23.1. The predicted octanol–water partition coefficient (Wildman–Crippen LogP) is 8.73. The molecule has 1 aliphatic carbocycles. The molecule has 1 saturated carbocycles. The maximum absolute atomic E-state index is 13.1. The zero-order chi connectivity index (χ0) is 44.9. The number of methoxy groups -OCH3 is 1. The van der Waals surface area contributed by atoms with Crippen LogP contribution in [0, 0.1) is 12.8 Å². The number of nitrogens with zero attached hydrogens (tertiary/aromatic N) is 8. The van der Waals surface area contributed by atoms with Crippen molar-refractivity contribution in [2.24, 2.45) is 5.92 Å². The predicted molar refractivity (Wildman–Crippen MR) is 251 cm³/mol. The third kappa shape index (κ3) is 9.93. The summed E-state index contributed by atoms with van der Waals surface area (Å²) in [6, 6.07) is 20.6. The molecule has 2 aliphatic rings. The Morgan fingerprint density at radius 3 is 2.52 bits per heavy atom. The zero-order valence-corrected chi connectivity index (χ0v) is 38.2. The number of carbonyl (C=O) groups is 1. The number of benzene rings is 3. The number of para-hydroxylation sites is 2. The van der Waals surface area contributed by atoms with Gasteiger partial charge in [-0.25, -0.2) is 14.8 Å². The smallest absolute Gasteiger partial charge is 0.345 e. The highest BCUT2D eigenvalue weighted by Gasteiger charge is 2.29. The molecule has 336 valence electrons. The van der Waals surface area contributed by atoms with Crippen molar-refractivity contribution in [2.45, 2.75) is 51.9 Å². The van der Waals surface area contributed by atoms with E-state index in [0.717, 1.165) is 71.8 Å². The van der Waals surface area contributed by atoms with Gasteiger partial charge in [0.15, 0.2) is 5.82 Å². The van der Waals surface area contributed by atoms with Crippen LogP contribution in [0.3, 0.4) is 0 Å². The minimum absolute atomic E-state index is 0.00695. The molecule has 1 atom stereocenters. The van der Waals surface area contributed by atoms with E-state index in [0.29, 0.717) is 63.0 Å². The molecule has 1 N–H and O–H groups in total. The Morgan fingerprint density at radius 2 is 1.74 bits per heavy atom. The summed E-state index contributed by atoms with van der Waals surface area (Å²) >= 11 is 8.35. The molecular weight excluding hydrogens is 864 g/mol. The third-order valence-electron chi connectivity index (χ3n) is 12.3.